The van der Waals surface area contributed by atoms with Crippen molar-refractivity contribution in [2.75, 3.05) is 33.4 Å². The van der Waals surface area contributed by atoms with Gasteiger partial charge in [-0.1, -0.05) is 12.1 Å². The molecule has 1 fully saturated rings. The number of benzene rings is 2. The molecule has 0 radical (unpaired) electrons. The first-order chi connectivity index (χ1) is 16.8. The van der Waals surface area contributed by atoms with Crippen LogP contribution in [0, 0.1) is 10.1 Å². The molecule has 1 aliphatic heterocycles. The second-order valence-corrected chi connectivity index (χ2v) is 8.76. The smallest absolute Gasteiger partial charge is 0.269 e. The maximum absolute atomic E-state index is 13.2. The van der Waals surface area contributed by atoms with Crippen LogP contribution in [-0.4, -0.2) is 69.6 Å². The number of aromatic nitrogens is 2. The van der Waals surface area contributed by atoms with E-state index in [0.717, 1.165) is 0 Å². The van der Waals surface area contributed by atoms with Crippen LogP contribution < -0.4 is 5.56 Å². The fourth-order valence-electron chi connectivity index (χ4n) is 4.60. The molecule has 10 nitrogen and oxygen atoms in total. The van der Waals surface area contributed by atoms with E-state index in [-0.39, 0.29) is 29.2 Å². The lowest BCUT2D eigenvalue weighted by Crippen LogP contribution is -2.54. The van der Waals surface area contributed by atoms with Crippen LogP contribution in [0.25, 0.3) is 10.9 Å². The van der Waals surface area contributed by atoms with E-state index in [9.17, 15) is 19.7 Å². The second kappa shape index (κ2) is 10.3. The Bertz CT molecular complexity index is 1290. The van der Waals surface area contributed by atoms with Gasteiger partial charge in [0.2, 0.25) is 0 Å². The summed E-state index contributed by atoms with van der Waals surface area (Å²) in [5.41, 5.74) is 0.951. The predicted molar refractivity (Wildman–Crippen MR) is 131 cm³/mol. The minimum absolute atomic E-state index is 0.0457. The molecule has 1 saturated heterocycles. The zero-order valence-electron chi connectivity index (χ0n) is 20.1. The lowest BCUT2D eigenvalue weighted by molar-refractivity contribution is -0.384. The molecular formula is C25H29N5O5. The van der Waals surface area contributed by atoms with Gasteiger partial charge in [-0.15, -0.1) is 0 Å². The third kappa shape index (κ3) is 4.94. The van der Waals surface area contributed by atoms with Crippen LogP contribution >= 0.6 is 0 Å². The molecule has 0 aliphatic carbocycles. The molecule has 184 valence electrons. The number of carbonyl (C=O) groups is 1. The molecule has 1 aliphatic rings. The van der Waals surface area contributed by atoms with Gasteiger partial charge in [0.15, 0.2) is 0 Å². The number of piperazine rings is 1. The van der Waals surface area contributed by atoms with E-state index in [1.165, 1.54) is 24.3 Å². The maximum Gasteiger partial charge on any atom is 0.269 e. The Hall–Kier alpha value is -3.63. The Balaban J connectivity index is 1.55. The minimum atomic E-state index is -0.482. The fraction of sp³-hybridized carbons (Fsp3) is 0.400. The molecular weight excluding hydrogens is 450 g/mol. The van der Waals surface area contributed by atoms with E-state index in [1.807, 2.05) is 32.0 Å². The van der Waals surface area contributed by atoms with Crippen LogP contribution in [0.2, 0.25) is 0 Å². The highest BCUT2D eigenvalue weighted by molar-refractivity contribution is 5.94. The summed E-state index contributed by atoms with van der Waals surface area (Å²) < 4.78 is 6.92. The summed E-state index contributed by atoms with van der Waals surface area (Å²) in [6.45, 7) is 6.52. The standard InChI is InChI=1S/C25H29N5O5/c1-17-16-27(12-13-28(17)24(31)19-8-10-20(11-9-19)30(33)34)18(2)23-26-22-7-5-4-6-21(22)25(32)29(23)14-15-35-3/h4-11,17-18H,12-16H2,1-3H3. The van der Waals surface area contributed by atoms with E-state index in [1.54, 1.807) is 22.6 Å². The maximum atomic E-state index is 13.2. The number of nitro benzene ring substituents is 1. The third-order valence-corrected chi connectivity index (χ3v) is 6.58. The normalized spacial score (nSPS) is 17.5. The Morgan fingerprint density at radius 2 is 1.91 bits per heavy atom. The molecule has 0 spiro atoms. The van der Waals surface area contributed by atoms with Gasteiger partial charge in [-0.2, -0.15) is 0 Å². The van der Waals surface area contributed by atoms with Crippen LogP contribution in [0.5, 0.6) is 0 Å². The first-order valence-electron chi connectivity index (χ1n) is 11.6. The lowest BCUT2D eigenvalue weighted by Gasteiger charge is -2.42. The molecule has 1 aromatic heterocycles. The molecule has 3 aromatic rings. The topological polar surface area (TPSA) is 111 Å². The van der Waals surface area contributed by atoms with E-state index >= 15 is 0 Å². The van der Waals surface area contributed by atoms with Gasteiger partial charge in [-0.05, 0) is 38.1 Å². The SMILES string of the molecule is COCCn1c(C(C)N2CCN(C(=O)c3ccc([N+](=O)[O-])cc3)C(C)C2)nc2ccccc2c1=O. The molecule has 35 heavy (non-hydrogen) atoms. The van der Waals surface area contributed by atoms with E-state index in [2.05, 4.69) is 4.90 Å². The number of nitrogens with zero attached hydrogens (tertiary/aromatic N) is 5. The number of carbonyl (C=O) groups excluding carboxylic acids is 1. The van der Waals surface area contributed by atoms with Gasteiger partial charge >= 0.3 is 0 Å². The number of hydrogen-bond donors (Lipinski definition) is 0. The number of nitro groups is 1. The second-order valence-electron chi connectivity index (χ2n) is 8.76. The minimum Gasteiger partial charge on any atom is -0.383 e. The summed E-state index contributed by atoms with van der Waals surface area (Å²) in [6, 6.07) is 12.8. The summed E-state index contributed by atoms with van der Waals surface area (Å²) >= 11 is 0. The average Bonchev–Trinajstić information content (AvgIpc) is 2.87. The molecule has 10 heteroatoms. The summed E-state index contributed by atoms with van der Waals surface area (Å²) in [6.07, 6.45) is 0. The molecule has 1 amide bonds. The molecule has 2 atom stereocenters. The third-order valence-electron chi connectivity index (χ3n) is 6.58. The van der Waals surface area contributed by atoms with Gasteiger partial charge in [-0.3, -0.25) is 29.2 Å². The molecule has 0 bridgehead atoms. The Morgan fingerprint density at radius 3 is 2.57 bits per heavy atom. The van der Waals surface area contributed by atoms with Crippen molar-refractivity contribution in [3.05, 3.63) is 80.4 Å². The average molecular weight is 480 g/mol. The van der Waals surface area contributed by atoms with Crippen molar-refractivity contribution in [2.24, 2.45) is 0 Å². The number of amides is 1. The highest BCUT2D eigenvalue weighted by Crippen LogP contribution is 2.25. The summed E-state index contributed by atoms with van der Waals surface area (Å²) in [5, 5.41) is 11.5. The molecule has 2 heterocycles. The van der Waals surface area contributed by atoms with Crippen LogP contribution in [0.15, 0.2) is 53.3 Å². The fourth-order valence-corrected chi connectivity index (χ4v) is 4.60. The largest absolute Gasteiger partial charge is 0.383 e. The molecule has 2 unspecified atom stereocenters. The number of hydrogen-bond acceptors (Lipinski definition) is 7. The highest BCUT2D eigenvalue weighted by atomic mass is 16.6. The van der Waals surface area contributed by atoms with Crippen LogP contribution in [0.4, 0.5) is 5.69 Å². The number of ether oxygens (including phenoxy) is 1. The van der Waals surface area contributed by atoms with Crippen molar-refractivity contribution in [3.8, 4) is 0 Å². The Kier molecular flexibility index (Phi) is 7.23. The molecule has 4 rings (SSSR count). The first-order valence-corrected chi connectivity index (χ1v) is 11.6. The Morgan fingerprint density at radius 1 is 1.20 bits per heavy atom. The van der Waals surface area contributed by atoms with Gasteiger partial charge in [0.1, 0.15) is 5.82 Å². The van der Waals surface area contributed by atoms with Gasteiger partial charge in [0, 0.05) is 50.5 Å². The number of rotatable bonds is 7. The number of methoxy groups -OCH3 is 1. The number of para-hydroxylation sites is 1. The quantitative estimate of drug-likeness (QED) is 0.378. The van der Waals surface area contributed by atoms with E-state index in [4.69, 9.17) is 9.72 Å². The van der Waals surface area contributed by atoms with Crippen molar-refractivity contribution < 1.29 is 14.5 Å². The molecule has 2 aromatic carbocycles. The lowest BCUT2D eigenvalue weighted by atomic mass is 10.1. The van der Waals surface area contributed by atoms with Gasteiger partial charge < -0.3 is 9.64 Å². The van der Waals surface area contributed by atoms with Crippen molar-refractivity contribution in [3.63, 3.8) is 0 Å². The predicted octanol–water partition coefficient (Wildman–Crippen LogP) is 2.86. The molecule has 0 saturated carbocycles. The van der Waals surface area contributed by atoms with Crippen molar-refractivity contribution in [1.29, 1.82) is 0 Å². The van der Waals surface area contributed by atoms with E-state index < -0.39 is 4.92 Å². The molecule has 0 N–H and O–H groups in total. The monoisotopic (exact) mass is 479 g/mol. The van der Waals surface area contributed by atoms with Gasteiger partial charge in [0.25, 0.3) is 17.2 Å². The highest BCUT2D eigenvalue weighted by Gasteiger charge is 2.32. The summed E-state index contributed by atoms with van der Waals surface area (Å²) in [5.74, 6) is 0.522. The Labute approximate surface area is 202 Å². The van der Waals surface area contributed by atoms with Gasteiger partial charge in [-0.25, -0.2) is 4.98 Å². The van der Waals surface area contributed by atoms with Crippen LogP contribution in [-0.2, 0) is 11.3 Å². The first kappa shape index (κ1) is 24.5. The van der Waals surface area contributed by atoms with Gasteiger partial charge in [0.05, 0.1) is 35.0 Å². The summed E-state index contributed by atoms with van der Waals surface area (Å²) in [4.78, 5) is 45.6. The van der Waals surface area contributed by atoms with E-state index in [0.29, 0.717) is 55.1 Å². The zero-order chi connectivity index (χ0) is 25.1. The van der Waals surface area contributed by atoms with Crippen molar-refractivity contribution in [2.45, 2.75) is 32.5 Å². The summed E-state index contributed by atoms with van der Waals surface area (Å²) in [7, 11) is 1.60. The van der Waals surface area contributed by atoms with Crippen molar-refractivity contribution in [1.82, 2.24) is 19.4 Å². The number of fused-ring (bicyclic) bond motifs is 1. The van der Waals surface area contributed by atoms with Crippen LogP contribution in [0.3, 0.4) is 0 Å². The zero-order valence-corrected chi connectivity index (χ0v) is 20.1. The number of non-ortho nitro benzene ring substituents is 1. The van der Waals surface area contributed by atoms with Crippen LogP contribution in [0.1, 0.15) is 36.1 Å². The van der Waals surface area contributed by atoms with Crippen molar-refractivity contribution >= 4 is 22.5 Å².